The molecule has 256 valence electrons. The molecule has 0 bridgehead atoms. The van der Waals surface area contributed by atoms with E-state index in [1.165, 1.54) is 0 Å². The summed E-state index contributed by atoms with van der Waals surface area (Å²) in [5, 5.41) is 12.9. The zero-order valence-electron chi connectivity index (χ0n) is 30.6. The van der Waals surface area contributed by atoms with Gasteiger partial charge in [-0.15, -0.1) is 0 Å². The maximum absolute atomic E-state index is 6.21. The molecule has 6 heterocycles. The van der Waals surface area contributed by atoms with Crippen LogP contribution >= 0.6 is 0 Å². The monoisotopic (exact) mass is 670 g/mol. The largest absolute Gasteiger partial charge is 0.495 e. The van der Waals surface area contributed by atoms with Crippen LogP contribution in [-0.2, 0) is 18.6 Å². The Balaban J connectivity index is 0.000000157. The summed E-state index contributed by atoms with van der Waals surface area (Å²) in [5.41, 5.74) is 2.78. The average molecular weight is 670 g/mol. The van der Waals surface area contributed by atoms with Crippen LogP contribution in [0, 0.1) is 13.8 Å². The molecule has 0 N–H and O–H groups in total. The zero-order chi connectivity index (χ0) is 35.6. The lowest BCUT2D eigenvalue weighted by molar-refractivity contribution is 0.00578. The van der Waals surface area contributed by atoms with Gasteiger partial charge in [-0.2, -0.15) is 10.2 Å². The summed E-state index contributed by atoms with van der Waals surface area (Å²) in [6.07, 6.45) is 11.3. The van der Waals surface area contributed by atoms with E-state index in [9.17, 15) is 0 Å². The number of pyridine rings is 2. The molecular weight excluding hydrogens is 626 g/mol. The second-order valence-corrected chi connectivity index (χ2v) is 15.3. The highest BCUT2D eigenvalue weighted by Gasteiger charge is 2.53. The molecule has 12 heteroatoms. The summed E-state index contributed by atoms with van der Waals surface area (Å²) < 4.78 is 28.4. The number of nitrogens with zero attached hydrogens (tertiary/aromatic N) is 6. The molecule has 0 saturated carbocycles. The van der Waals surface area contributed by atoms with Crippen LogP contribution < -0.4 is 10.9 Å². The maximum atomic E-state index is 6.21. The van der Waals surface area contributed by atoms with Crippen molar-refractivity contribution in [2.24, 2.45) is 0 Å². The quantitative estimate of drug-likeness (QED) is 0.209. The molecule has 2 fully saturated rings. The number of hydrogen-bond acceptors (Lipinski definition) is 8. The molecule has 2 aliphatic heterocycles. The molecule has 0 amide bonds. The van der Waals surface area contributed by atoms with Gasteiger partial charge in [-0.25, -0.2) is 19.3 Å². The number of aromatic nitrogens is 6. The summed E-state index contributed by atoms with van der Waals surface area (Å²) in [6, 6.07) is 16.4. The highest BCUT2D eigenvalue weighted by Crippen LogP contribution is 2.38. The molecule has 4 aromatic heterocycles. The summed E-state index contributed by atoms with van der Waals surface area (Å²) in [5.74, 6) is 1.60. The molecule has 50 heavy (non-hydrogen) atoms. The number of hydrogen-bond donors (Lipinski definition) is 0. The summed E-state index contributed by atoms with van der Waals surface area (Å²) in [4.78, 5) is 9.17. The lowest BCUT2D eigenvalue weighted by atomic mass is 9.76. The minimum absolute atomic E-state index is 0.361. The van der Waals surface area contributed by atoms with Crippen molar-refractivity contribution in [2.45, 2.75) is 91.6 Å². The van der Waals surface area contributed by atoms with Crippen molar-refractivity contribution in [1.29, 1.82) is 0 Å². The smallest absolute Gasteiger partial charge is 0.399 e. The van der Waals surface area contributed by atoms with Gasteiger partial charge in [0.2, 0.25) is 0 Å². The van der Waals surface area contributed by atoms with Crippen LogP contribution in [0.15, 0.2) is 85.7 Å². The highest BCUT2D eigenvalue weighted by molar-refractivity contribution is 6.65. The van der Waals surface area contributed by atoms with E-state index >= 15 is 0 Å². The van der Waals surface area contributed by atoms with Crippen molar-refractivity contribution in [3.8, 4) is 11.6 Å². The summed E-state index contributed by atoms with van der Waals surface area (Å²) in [7, 11) is -0.790. The third-order valence-corrected chi connectivity index (χ3v) is 10.5. The number of rotatable bonds is 4. The van der Waals surface area contributed by atoms with Gasteiger partial charge < -0.3 is 18.6 Å². The molecule has 2 aromatic carbocycles. The van der Waals surface area contributed by atoms with Crippen molar-refractivity contribution in [3.63, 3.8) is 0 Å². The molecular formula is C38H44B2N6O4. The Morgan fingerprint density at radius 3 is 1.20 bits per heavy atom. The van der Waals surface area contributed by atoms with E-state index in [1.807, 2.05) is 87.4 Å². The predicted octanol–water partition coefficient (Wildman–Crippen LogP) is 6.06. The molecule has 8 rings (SSSR count). The summed E-state index contributed by atoms with van der Waals surface area (Å²) in [6.45, 7) is 20.5. The van der Waals surface area contributed by atoms with E-state index in [-0.39, 0.29) is 22.4 Å². The van der Waals surface area contributed by atoms with Gasteiger partial charge in [0.25, 0.3) is 0 Å². The van der Waals surface area contributed by atoms with Gasteiger partial charge in [0.05, 0.1) is 34.8 Å². The van der Waals surface area contributed by atoms with Gasteiger partial charge in [0.1, 0.15) is 0 Å². The van der Waals surface area contributed by atoms with E-state index in [1.54, 1.807) is 9.36 Å². The zero-order valence-corrected chi connectivity index (χ0v) is 30.6. The number of fused-ring (bicyclic) bond motifs is 2. The molecule has 0 spiro atoms. The van der Waals surface area contributed by atoms with Gasteiger partial charge in [-0.3, -0.25) is 0 Å². The first-order chi connectivity index (χ1) is 23.5. The first kappa shape index (κ1) is 34.1. The SMILES string of the molecule is Cc1cnn(-c2cc3cccc(B4OC(C)(C)C(C)(C)O4)c3cn2)c1.Cc1cnn(-c2cc3cccc(B4OC(C)(C)C(C)(C)O4)c3cn2)c1. The van der Waals surface area contributed by atoms with Crippen molar-refractivity contribution in [3.05, 3.63) is 96.8 Å². The van der Waals surface area contributed by atoms with Gasteiger partial charge in [-0.05, 0) is 125 Å². The molecule has 2 aliphatic rings. The molecule has 10 nitrogen and oxygen atoms in total. The third-order valence-electron chi connectivity index (χ3n) is 10.5. The normalized spacial score (nSPS) is 18.8. The molecule has 6 aromatic rings. The lowest BCUT2D eigenvalue weighted by Gasteiger charge is -2.32. The summed E-state index contributed by atoms with van der Waals surface area (Å²) >= 11 is 0. The Labute approximate surface area is 294 Å². The Morgan fingerprint density at radius 2 is 0.880 bits per heavy atom. The molecule has 0 radical (unpaired) electrons. The Morgan fingerprint density at radius 1 is 0.520 bits per heavy atom. The van der Waals surface area contributed by atoms with Crippen molar-refractivity contribution in [1.82, 2.24) is 29.5 Å². The predicted molar refractivity (Wildman–Crippen MR) is 199 cm³/mol. The van der Waals surface area contributed by atoms with Crippen LogP contribution in [0.2, 0.25) is 0 Å². The van der Waals surface area contributed by atoms with Crippen molar-refractivity contribution >= 4 is 46.7 Å². The van der Waals surface area contributed by atoms with E-state index in [0.29, 0.717) is 0 Å². The lowest BCUT2D eigenvalue weighted by Crippen LogP contribution is -2.41. The Hall–Kier alpha value is -4.35. The fraction of sp³-hybridized carbons (Fsp3) is 0.368. The third kappa shape index (κ3) is 6.15. The average Bonchev–Trinajstić information content (AvgIpc) is 3.80. The second kappa shape index (κ2) is 12.2. The van der Waals surface area contributed by atoms with E-state index < -0.39 is 14.2 Å². The van der Waals surface area contributed by atoms with Crippen LogP contribution in [-0.4, -0.2) is 66.2 Å². The highest BCUT2D eigenvalue weighted by atomic mass is 16.7. The standard InChI is InChI=1S/2C19H22BN3O2/c2*1-13-10-22-23(12-13)17-9-14-7-6-8-16(15(14)11-21-17)20-24-18(2,3)19(4,5)25-20/h2*6-12H,1-5H3. The van der Waals surface area contributed by atoms with Crippen LogP contribution in [0.5, 0.6) is 0 Å². The Kier molecular flexibility index (Phi) is 8.30. The molecule has 2 saturated heterocycles. The molecule has 0 unspecified atom stereocenters. The van der Waals surface area contributed by atoms with Gasteiger partial charge >= 0.3 is 14.2 Å². The fourth-order valence-corrected chi connectivity index (χ4v) is 6.05. The number of aryl methyl sites for hydroxylation is 2. The molecule has 0 atom stereocenters. The molecule has 0 aliphatic carbocycles. The minimum Gasteiger partial charge on any atom is -0.399 e. The Bertz CT molecular complexity index is 2020. The first-order valence-electron chi connectivity index (χ1n) is 17.1. The van der Waals surface area contributed by atoms with Gasteiger partial charge in [0.15, 0.2) is 11.6 Å². The van der Waals surface area contributed by atoms with Gasteiger partial charge in [0, 0.05) is 24.8 Å². The van der Waals surface area contributed by atoms with E-state index in [2.05, 4.69) is 87.7 Å². The number of benzene rings is 2. The van der Waals surface area contributed by atoms with E-state index in [4.69, 9.17) is 18.6 Å². The van der Waals surface area contributed by atoms with Crippen LogP contribution in [0.25, 0.3) is 33.2 Å². The van der Waals surface area contributed by atoms with Crippen LogP contribution in [0.3, 0.4) is 0 Å². The van der Waals surface area contributed by atoms with Crippen LogP contribution in [0.1, 0.15) is 66.5 Å². The minimum atomic E-state index is -0.395. The van der Waals surface area contributed by atoms with Crippen LogP contribution in [0.4, 0.5) is 0 Å². The van der Waals surface area contributed by atoms with E-state index in [0.717, 1.165) is 55.2 Å². The maximum Gasteiger partial charge on any atom is 0.495 e. The second-order valence-electron chi connectivity index (χ2n) is 15.3. The fourth-order valence-electron chi connectivity index (χ4n) is 6.05. The van der Waals surface area contributed by atoms with Crippen molar-refractivity contribution in [2.75, 3.05) is 0 Å². The van der Waals surface area contributed by atoms with Gasteiger partial charge in [-0.1, -0.05) is 36.4 Å². The first-order valence-corrected chi connectivity index (χ1v) is 17.1. The van der Waals surface area contributed by atoms with Crippen molar-refractivity contribution < 1.29 is 18.6 Å². The topological polar surface area (TPSA) is 98.3 Å².